The van der Waals surface area contributed by atoms with Crippen LogP contribution >= 0.6 is 0 Å². The Balaban J connectivity index is 2.66. The van der Waals surface area contributed by atoms with Crippen molar-refractivity contribution in [3.8, 4) is 0 Å². The van der Waals surface area contributed by atoms with Crippen LogP contribution in [0.4, 0.5) is 0 Å². The minimum Gasteiger partial charge on any atom is -0.369 e. The fourth-order valence-electron chi connectivity index (χ4n) is 0.645. The molecule has 0 heterocycles. The molecule has 0 aromatic carbocycles. The molecule has 0 N–H and O–H groups in total. The van der Waals surface area contributed by atoms with E-state index in [1.54, 1.807) is 12.2 Å². The van der Waals surface area contributed by atoms with Crippen LogP contribution in [0.3, 0.4) is 0 Å². The Morgan fingerprint density at radius 2 is 2.56 bits per heavy atom. The molecule has 47 valence electrons. The van der Waals surface area contributed by atoms with Crippen molar-refractivity contribution in [2.45, 2.75) is 6.10 Å². The van der Waals surface area contributed by atoms with E-state index in [4.69, 9.17) is 4.74 Å². The molecule has 1 rings (SSSR count). The Morgan fingerprint density at radius 1 is 1.78 bits per heavy atom. The number of rotatable bonds is 1. The second kappa shape index (κ2) is 2.60. The van der Waals surface area contributed by atoms with E-state index in [9.17, 15) is 4.79 Å². The summed E-state index contributed by atoms with van der Waals surface area (Å²) < 4.78 is 4.80. The highest BCUT2D eigenvalue weighted by atomic mass is 16.5. The van der Waals surface area contributed by atoms with Crippen LogP contribution in [0.25, 0.3) is 0 Å². The van der Waals surface area contributed by atoms with Crippen LogP contribution in [0.5, 0.6) is 0 Å². The number of allylic oxidation sites excluding steroid dienone is 2. The highest BCUT2D eigenvalue weighted by Gasteiger charge is 2.12. The van der Waals surface area contributed by atoms with Crippen molar-refractivity contribution in [3.63, 3.8) is 0 Å². The van der Waals surface area contributed by atoms with Gasteiger partial charge < -0.3 is 4.74 Å². The normalized spacial score (nSPS) is 25.0. The van der Waals surface area contributed by atoms with Crippen LogP contribution in [0.15, 0.2) is 18.2 Å². The summed E-state index contributed by atoms with van der Waals surface area (Å²) in [6, 6.07) is 0. The van der Waals surface area contributed by atoms with Crippen molar-refractivity contribution in [3.05, 3.63) is 24.3 Å². The van der Waals surface area contributed by atoms with Crippen molar-refractivity contribution >= 4 is 5.78 Å². The molecule has 0 aliphatic heterocycles. The maximum absolute atomic E-state index is 10.7. The summed E-state index contributed by atoms with van der Waals surface area (Å²) in [4.78, 5) is 10.7. The molecule has 1 aliphatic rings. The lowest BCUT2D eigenvalue weighted by atomic mass is 10.1. The molecular formula is C7H7O2. The van der Waals surface area contributed by atoms with E-state index in [0.29, 0.717) is 0 Å². The second-order valence-corrected chi connectivity index (χ2v) is 1.73. The monoisotopic (exact) mass is 123 g/mol. The first-order valence-corrected chi connectivity index (χ1v) is 2.67. The molecule has 0 saturated carbocycles. The van der Waals surface area contributed by atoms with Gasteiger partial charge in [-0.25, -0.2) is 0 Å². The molecule has 1 unspecified atom stereocenters. The highest BCUT2D eigenvalue weighted by molar-refractivity contribution is 5.95. The van der Waals surface area contributed by atoms with Crippen LogP contribution in [-0.4, -0.2) is 19.0 Å². The zero-order valence-electron chi connectivity index (χ0n) is 5.13. The molecule has 9 heavy (non-hydrogen) atoms. The topological polar surface area (TPSA) is 26.3 Å². The number of hydrogen-bond acceptors (Lipinski definition) is 2. The zero-order valence-corrected chi connectivity index (χ0v) is 5.13. The maximum atomic E-state index is 10.7. The third kappa shape index (κ3) is 1.27. The van der Waals surface area contributed by atoms with Gasteiger partial charge in [-0.3, -0.25) is 4.79 Å². The molecule has 0 bridgehead atoms. The van der Waals surface area contributed by atoms with Gasteiger partial charge in [-0.05, 0) is 18.2 Å². The summed E-state index contributed by atoms with van der Waals surface area (Å²) >= 11 is 0. The van der Waals surface area contributed by atoms with Crippen LogP contribution in [0, 0.1) is 6.08 Å². The smallest absolute Gasteiger partial charge is 0.188 e. The van der Waals surface area contributed by atoms with E-state index in [0.717, 1.165) is 0 Å². The lowest BCUT2D eigenvalue weighted by Crippen LogP contribution is -2.19. The lowest BCUT2D eigenvalue weighted by molar-refractivity contribution is -0.121. The van der Waals surface area contributed by atoms with Crippen molar-refractivity contribution in [1.82, 2.24) is 0 Å². The minimum absolute atomic E-state index is 0.0417. The van der Waals surface area contributed by atoms with Crippen LogP contribution in [0.2, 0.25) is 0 Å². The average molecular weight is 123 g/mol. The molecule has 0 fully saturated rings. The third-order valence-electron chi connectivity index (χ3n) is 1.13. The summed E-state index contributed by atoms with van der Waals surface area (Å²) in [5, 5.41) is 0. The molecule has 1 radical (unpaired) electrons. The van der Waals surface area contributed by atoms with E-state index >= 15 is 0 Å². The molecule has 0 aromatic rings. The number of ether oxygens (including phenoxy) is 1. The van der Waals surface area contributed by atoms with Crippen molar-refractivity contribution < 1.29 is 9.53 Å². The highest BCUT2D eigenvalue weighted by Crippen LogP contribution is 2.00. The molecule has 2 heteroatoms. The Bertz CT molecular complexity index is 168. The van der Waals surface area contributed by atoms with Crippen LogP contribution in [0.1, 0.15) is 0 Å². The van der Waals surface area contributed by atoms with E-state index in [-0.39, 0.29) is 11.9 Å². The Hall–Kier alpha value is -0.890. The summed E-state index contributed by atoms with van der Waals surface area (Å²) in [7, 11) is 1.51. The number of carbonyl (C=O) groups is 1. The summed E-state index contributed by atoms with van der Waals surface area (Å²) in [6.45, 7) is 0. The predicted octanol–water partition coefficient (Wildman–Crippen LogP) is 0.500. The fourth-order valence-corrected chi connectivity index (χ4v) is 0.645. The first kappa shape index (κ1) is 6.23. The molecule has 0 aromatic heterocycles. The molecule has 1 atom stereocenters. The number of hydrogen-bond donors (Lipinski definition) is 0. The van der Waals surface area contributed by atoms with Gasteiger partial charge in [0.05, 0.1) is 0 Å². The summed E-state index contributed by atoms with van der Waals surface area (Å²) in [6.07, 6.45) is 7.01. The van der Waals surface area contributed by atoms with Gasteiger partial charge in [0.15, 0.2) is 5.78 Å². The zero-order chi connectivity index (χ0) is 6.69. The van der Waals surface area contributed by atoms with E-state index in [1.807, 2.05) is 0 Å². The van der Waals surface area contributed by atoms with E-state index in [1.165, 1.54) is 13.2 Å². The Morgan fingerprint density at radius 3 is 3.00 bits per heavy atom. The fraction of sp³-hybridized carbons (Fsp3) is 0.286. The molecule has 0 saturated heterocycles. The molecule has 0 amide bonds. The van der Waals surface area contributed by atoms with Gasteiger partial charge in [0.1, 0.15) is 6.10 Å². The first-order chi connectivity index (χ1) is 4.34. The first-order valence-electron chi connectivity index (χ1n) is 2.67. The minimum atomic E-state index is -0.383. The van der Waals surface area contributed by atoms with Gasteiger partial charge in [0.2, 0.25) is 0 Å². The second-order valence-electron chi connectivity index (χ2n) is 1.73. The quantitative estimate of drug-likeness (QED) is 0.507. The van der Waals surface area contributed by atoms with Crippen molar-refractivity contribution in [2.75, 3.05) is 7.11 Å². The van der Waals surface area contributed by atoms with Crippen molar-refractivity contribution in [1.29, 1.82) is 0 Å². The maximum Gasteiger partial charge on any atom is 0.188 e. The van der Waals surface area contributed by atoms with Crippen LogP contribution < -0.4 is 0 Å². The van der Waals surface area contributed by atoms with Crippen molar-refractivity contribution in [2.24, 2.45) is 0 Å². The molecule has 2 nitrogen and oxygen atoms in total. The number of methoxy groups -OCH3 is 1. The van der Waals surface area contributed by atoms with E-state index in [2.05, 4.69) is 6.08 Å². The standard InChI is InChI=1S/C7H7O2/c1-9-7-5-3-2-4-6(7)8/h3-5,7H,1H3. The van der Waals surface area contributed by atoms with Gasteiger partial charge in [0, 0.05) is 7.11 Å². The van der Waals surface area contributed by atoms with Gasteiger partial charge in [0.25, 0.3) is 0 Å². The Labute approximate surface area is 53.8 Å². The van der Waals surface area contributed by atoms with Gasteiger partial charge in [-0.2, -0.15) is 0 Å². The van der Waals surface area contributed by atoms with Gasteiger partial charge in [-0.15, -0.1) is 0 Å². The summed E-state index contributed by atoms with van der Waals surface area (Å²) in [5.74, 6) is -0.0417. The van der Waals surface area contributed by atoms with E-state index < -0.39 is 0 Å². The molecule has 0 spiro atoms. The predicted molar refractivity (Wildman–Crippen MR) is 32.8 cm³/mol. The molecular weight excluding hydrogens is 116 g/mol. The van der Waals surface area contributed by atoms with Crippen LogP contribution in [-0.2, 0) is 9.53 Å². The third-order valence-corrected chi connectivity index (χ3v) is 1.13. The average Bonchev–Trinajstić information content (AvgIpc) is 1.89. The number of ketones is 1. The van der Waals surface area contributed by atoms with Gasteiger partial charge >= 0.3 is 0 Å². The Kier molecular flexibility index (Phi) is 1.80. The lowest BCUT2D eigenvalue weighted by Gasteiger charge is -2.07. The number of carbonyl (C=O) groups excluding carboxylic acids is 1. The SMILES string of the molecule is COC1C=C[C]=CC1=O. The summed E-state index contributed by atoms with van der Waals surface area (Å²) in [5.41, 5.74) is 0. The largest absolute Gasteiger partial charge is 0.369 e. The molecule has 1 aliphatic carbocycles. The van der Waals surface area contributed by atoms with Gasteiger partial charge in [-0.1, -0.05) is 6.08 Å².